The van der Waals surface area contributed by atoms with Crippen LogP contribution in [-0.4, -0.2) is 18.3 Å². The molecular formula is C18H20ClFN2O2S. The van der Waals surface area contributed by atoms with Crippen molar-refractivity contribution in [1.29, 1.82) is 0 Å². The average Bonchev–Trinajstić information content (AvgIpc) is 2.59. The molecule has 0 radical (unpaired) electrons. The summed E-state index contributed by atoms with van der Waals surface area (Å²) in [5, 5.41) is 6.51. The molecule has 0 fully saturated rings. The standard InChI is InChI=1S/C18H20ClFN2O2S/c1-3-23-16-8-5-12(9-17(16)24-4-2)11-21-18(25)22-13-6-7-15(20)14(19)10-13/h5-10H,3-4,11H2,1-2H3,(H2,21,22,25). The Morgan fingerprint density at radius 1 is 1.08 bits per heavy atom. The van der Waals surface area contributed by atoms with Gasteiger partial charge in [-0.1, -0.05) is 17.7 Å². The molecule has 0 aromatic heterocycles. The Balaban J connectivity index is 1.96. The number of hydrogen-bond donors (Lipinski definition) is 2. The maximum absolute atomic E-state index is 13.2. The molecule has 0 bridgehead atoms. The van der Waals surface area contributed by atoms with Crippen LogP contribution >= 0.6 is 23.8 Å². The van der Waals surface area contributed by atoms with E-state index < -0.39 is 5.82 Å². The molecule has 0 aliphatic rings. The van der Waals surface area contributed by atoms with Crippen molar-refractivity contribution in [2.24, 2.45) is 0 Å². The molecule has 0 aliphatic heterocycles. The summed E-state index contributed by atoms with van der Waals surface area (Å²) in [5.41, 5.74) is 1.61. The van der Waals surface area contributed by atoms with E-state index in [0.29, 0.717) is 36.3 Å². The van der Waals surface area contributed by atoms with E-state index in [0.717, 1.165) is 11.3 Å². The largest absolute Gasteiger partial charge is 0.490 e. The minimum absolute atomic E-state index is 0.0423. The molecule has 0 spiro atoms. The SMILES string of the molecule is CCOc1ccc(CNC(=S)Nc2ccc(F)c(Cl)c2)cc1OCC. The molecule has 4 nitrogen and oxygen atoms in total. The molecule has 25 heavy (non-hydrogen) atoms. The zero-order valence-corrected chi connectivity index (χ0v) is 15.6. The van der Waals surface area contributed by atoms with Crippen LogP contribution in [0.25, 0.3) is 0 Å². The summed E-state index contributed by atoms with van der Waals surface area (Å²) >= 11 is 11.0. The Morgan fingerprint density at radius 2 is 1.80 bits per heavy atom. The summed E-state index contributed by atoms with van der Waals surface area (Å²) < 4.78 is 24.3. The lowest BCUT2D eigenvalue weighted by atomic mass is 10.2. The minimum atomic E-state index is -0.469. The zero-order chi connectivity index (χ0) is 18.2. The van der Waals surface area contributed by atoms with Crippen molar-refractivity contribution in [3.05, 3.63) is 52.8 Å². The van der Waals surface area contributed by atoms with Crippen LogP contribution in [0.3, 0.4) is 0 Å². The minimum Gasteiger partial charge on any atom is -0.490 e. The molecule has 7 heteroatoms. The van der Waals surface area contributed by atoms with Crippen molar-refractivity contribution >= 4 is 34.6 Å². The third-order valence-electron chi connectivity index (χ3n) is 3.24. The molecule has 0 unspecified atom stereocenters. The van der Waals surface area contributed by atoms with Gasteiger partial charge in [0.1, 0.15) is 5.82 Å². The Bertz CT molecular complexity index is 743. The highest BCUT2D eigenvalue weighted by molar-refractivity contribution is 7.80. The summed E-state index contributed by atoms with van der Waals surface area (Å²) in [6.07, 6.45) is 0. The van der Waals surface area contributed by atoms with Gasteiger partial charge in [-0.05, 0) is 62.0 Å². The van der Waals surface area contributed by atoms with Crippen LogP contribution in [0.2, 0.25) is 5.02 Å². The summed E-state index contributed by atoms with van der Waals surface area (Å²) in [7, 11) is 0. The summed E-state index contributed by atoms with van der Waals surface area (Å²) in [5.74, 6) is 0.950. The smallest absolute Gasteiger partial charge is 0.171 e. The molecule has 0 amide bonds. The molecule has 0 heterocycles. The molecule has 134 valence electrons. The molecule has 2 rings (SSSR count). The number of halogens is 2. The van der Waals surface area contributed by atoms with Crippen LogP contribution in [0.1, 0.15) is 19.4 Å². The van der Waals surface area contributed by atoms with Crippen LogP contribution in [0.15, 0.2) is 36.4 Å². The molecule has 0 saturated carbocycles. The molecule has 0 aliphatic carbocycles. The van der Waals surface area contributed by atoms with Crippen LogP contribution in [0.4, 0.5) is 10.1 Å². The van der Waals surface area contributed by atoms with Crippen LogP contribution in [-0.2, 0) is 6.54 Å². The van der Waals surface area contributed by atoms with E-state index in [4.69, 9.17) is 33.3 Å². The van der Waals surface area contributed by atoms with Gasteiger partial charge < -0.3 is 20.1 Å². The fourth-order valence-electron chi connectivity index (χ4n) is 2.14. The number of rotatable bonds is 7. The number of nitrogens with one attached hydrogen (secondary N) is 2. The van der Waals surface area contributed by atoms with E-state index in [1.54, 1.807) is 6.07 Å². The first-order valence-electron chi connectivity index (χ1n) is 7.92. The van der Waals surface area contributed by atoms with Crippen molar-refractivity contribution in [3.63, 3.8) is 0 Å². The van der Waals surface area contributed by atoms with E-state index in [1.807, 2.05) is 32.0 Å². The zero-order valence-electron chi connectivity index (χ0n) is 14.1. The van der Waals surface area contributed by atoms with Crippen LogP contribution in [0, 0.1) is 5.82 Å². The highest BCUT2D eigenvalue weighted by Gasteiger charge is 2.07. The predicted octanol–water partition coefficient (Wildman–Crippen LogP) is 4.76. The van der Waals surface area contributed by atoms with E-state index in [1.165, 1.54) is 12.1 Å². The second-order valence-corrected chi connectivity index (χ2v) is 5.90. The highest BCUT2D eigenvalue weighted by Crippen LogP contribution is 2.28. The first-order valence-corrected chi connectivity index (χ1v) is 8.70. The van der Waals surface area contributed by atoms with Gasteiger partial charge in [-0.15, -0.1) is 0 Å². The number of thiocarbonyl (C=S) groups is 1. The number of benzene rings is 2. The van der Waals surface area contributed by atoms with Crippen LogP contribution < -0.4 is 20.1 Å². The second-order valence-electron chi connectivity index (χ2n) is 5.08. The van der Waals surface area contributed by atoms with Crippen molar-refractivity contribution in [2.75, 3.05) is 18.5 Å². The lowest BCUT2D eigenvalue weighted by molar-refractivity contribution is 0.287. The fraction of sp³-hybridized carbons (Fsp3) is 0.278. The van der Waals surface area contributed by atoms with Gasteiger partial charge in [0.25, 0.3) is 0 Å². The summed E-state index contributed by atoms with van der Waals surface area (Å²) in [6, 6.07) is 10.1. The maximum Gasteiger partial charge on any atom is 0.171 e. The van der Waals surface area contributed by atoms with Crippen molar-refractivity contribution in [3.8, 4) is 11.5 Å². The number of hydrogen-bond acceptors (Lipinski definition) is 3. The molecule has 2 aromatic rings. The van der Waals surface area contributed by atoms with Gasteiger partial charge >= 0.3 is 0 Å². The third kappa shape index (κ3) is 5.76. The Hall–Kier alpha value is -2.05. The van der Waals surface area contributed by atoms with Crippen LogP contribution in [0.5, 0.6) is 11.5 Å². The Morgan fingerprint density at radius 3 is 2.48 bits per heavy atom. The first-order chi connectivity index (χ1) is 12.0. The lowest BCUT2D eigenvalue weighted by Gasteiger charge is -2.14. The van der Waals surface area contributed by atoms with Gasteiger partial charge in [-0.25, -0.2) is 4.39 Å². The summed E-state index contributed by atoms with van der Waals surface area (Å²) in [6.45, 7) is 5.49. The van der Waals surface area contributed by atoms with E-state index >= 15 is 0 Å². The van der Waals surface area contributed by atoms with Gasteiger partial charge in [0.15, 0.2) is 16.6 Å². The van der Waals surface area contributed by atoms with Gasteiger partial charge in [-0.2, -0.15) is 0 Å². The maximum atomic E-state index is 13.2. The Kier molecular flexibility index (Phi) is 7.28. The highest BCUT2D eigenvalue weighted by atomic mass is 35.5. The molecular weight excluding hydrogens is 363 g/mol. The fourth-order valence-corrected chi connectivity index (χ4v) is 2.51. The van der Waals surface area contributed by atoms with Gasteiger partial charge in [0.05, 0.1) is 18.2 Å². The van der Waals surface area contributed by atoms with Crippen molar-refractivity contribution < 1.29 is 13.9 Å². The van der Waals surface area contributed by atoms with E-state index in [2.05, 4.69) is 10.6 Å². The van der Waals surface area contributed by atoms with Gasteiger partial charge in [-0.3, -0.25) is 0 Å². The quantitative estimate of drug-likeness (QED) is 0.675. The molecule has 2 aromatic carbocycles. The molecule has 0 saturated heterocycles. The number of anilines is 1. The average molecular weight is 383 g/mol. The lowest BCUT2D eigenvalue weighted by Crippen LogP contribution is -2.27. The molecule has 2 N–H and O–H groups in total. The second kappa shape index (κ2) is 9.44. The Labute approximate surface area is 157 Å². The first kappa shape index (κ1) is 19.3. The third-order valence-corrected chi connectivity index (χ3v) is 3.77. The van der Waals surface area contributed by atoms with Crippen molar-refractivity contribution in [2.45, 2.75) is 20.4 Å². The van der Waals surface area contributed by atoms with Gasteiger partial charge in [0.2, 0.25) is 0 Å². The monoisotopic (exact) mass is 382 g/mol. The van der Waals surface area contributed by atoms with E-state index in [9.17, 15) is 4.39 Å². The predicted molar refractivity (Wildman–Crippen MR) is 103 cm³/mol. The van der Waals surface area contributed by atoms with Gasteiger partial charge in [0, 0.05) is 12.2 Å². The van der Waals surface area contributed by atoms with Crippen molar-refractivity contribution in [1.82, 2.24) is 5.32 Å². The van der Waals surface area contributed by atoms with E-state index in [-0.39, 0.29) is 5.02 Å². The molecule has 0 atom stereocenters. The summed E-state index contributed by atoms with van der Waals surface area (Å²) in [4.78, 5) is 0. The normalized spacial score (nSPS) is 10.2. The number of ether oxygens (including phenoxy) is 2. The topological polar surface area (TPSA) is 42.5 Å².